The van der Waals surface area contributed by atoms with Crippen LogP contribution in [0.25, 0.3) is 0 Å². The Morgan fingerprint density at radius 1 is 1.16 bits per heavy atom. The van der Waals surface area contributed by atoms with E-state index in [0.29, 0.717) is 11.8 Å². The van der Waals surface area contributed by atoms with Gasteiger partial charge in [-0.3, -0.25) is 14.4 Å². The second-order valence-corrected chi connectivity index (χ2v) is 6.33. The lowest BCUT2D eigenvalue weighted by Crippen LogP contribution is -2.27. The molecule has 0 aromatic heterocycles. The lowest BCUT2D eigenvalue weighted by Gasteiger charge is -2.18. The molecule has 25 heavy (non-hydrogen) atoms. The molecular formula is C20H19NO4. The zero-order chi connectivity index (χ0) is 18.0. The molecule has 5 nitrogen and oxygen atoms in total. The van der Waals surface area contributed by atoms with E-state index in [1.807, 2.05) is 32.0 Å². The smallest absolute Gasteiger partial charge is 0.316 e. The van der Waals surface area contributed by atoms with Gasteiger partial charge in [-0.25, -0.2) is 0 Å². The van der Waals surface area contributed by atoms with Gasteiger partial charge >= 0.3 is 5.97 Å². The molecule has 1 saturated heterocycles. The van der Waals surface area contributed by atoms with Gasteiger partial charge in [-0.05, 0) is 49.2 Å². The zero-order valence-corrected chi connectivity index (χ0v) is 14.2. The maximum atomic E-state index is 12.4. The summed E-state index contributed by atoms with van der Waals surface area (Å²) in [5, 5.41) is 0. The third-order valence-electron chi connectivity index (χ3n) is 4.23. The molecule has 1 atom stereocenters. The standard InChI is InChI=1S/C20H19NO4/c1-13-7-14(2)9-17(8-13)21-11-16(10-19(21)23)20(24)25-18-6-4-3-5-15(18)12-22/h3-9,12,16H,10-11H2,1-2H3/t16-/m1/s1. The molecule has 1 heterocycles. The van der Waals surface area contributed by atoms with E-state index in [-0.39, 0.29) is 24.6 Å². The number of carbonyl (C=O) groups excluding carboxylic acids is 3. The van der Waals surface area contributed by atoms with Gasteiger partial charge < -0.3 is 9.64 Å². The average Bonchev–Trinajstić information content (AvgIpc) is 2.96. The van der Waals surface area contributed by atoms with Crippen LogP contribution >= 0.6 is 0 Å². The molecule has 0 aliphatic carbocycles. The molecule has 3 rings (SSSR count). The topological polar surface area (TPSA) is 63.7 Å². The average molecular weight is 337 g/mol. The molecule has 5 heteroatoms. The van der Waals surface area contributed by atoms with Gasteiger partial charge in [-0.15, -0.1) is 0 Å². The van der Waals surface area contributed by atoms with E-state index in [1.54, 1.807) is 29.2 Å². The molecule has 1 aliphatic rings. The van der Waals surface area contributed by atoms with Crippen molar-refractivity contribution in [1.29, 1.82) is 0 Å². The molecular weight excluding hydrogens is 318 g/mol. The molecule has 0 spiro atoms. The fraction of sp³-hybridized carbons (Fsp3) is 0.250. The Bertz CT molecular complexity index is 823. The van der Waals surface area contributed by atoms with Crippen molar-refractivity contribution in [2.24, 2.45) is 5.92 Å². The summed E-state index contributed by atoms with van der Waals surface area (Å²) in [6.07, 6.45) is 0.749. The van der Waals surface area contributed by atoms with Crippen LogP contribution in [0.5, 0.6) is 5.75 Å². The van der Waals surface area contributed by atoms with Crippen molar-refractivity contribution >= 4 is 23.9 Å². The highest BCUT2D eigenvalue weighted by molar-refractivity contribution is 6.00. The summed E-state index contributed by atoms with van der Waals surface area (Å²) in [6, 6.07) is 12.4. The fourth-order valence-electron chi connectivity index (χ4n) is 3.08. The number of aryl methyl sites for hydroxylation is 2. The fourth-order valence-corrected chi connectivity index (χ4v) is 3.08. The second kappa shape index (κ2) is 6.89. The predicted octanol–water partition coefficient (Wildman–Crippen LogP) is 3.07. The van der Waals surface area contributed by atoms with Crippen LogP contribution in [0.4, 0.5) is 5.69 Å². The van der Waals surface area contributed by atoms with Crippen LogP contribution in [-0.2, 0) is 9.59 Å². The van der Waals surface area contributed by atoms with Crippen molar-refractivity contribution in [2.45, 2.75) is 20.3 Å². The number of aldehydes is 1. The Hall–Kier alpha value is -2.95. The molecule has 0 bridgehead atoms. The third kappa shape index (κ3) is 3.60. The van der Waals surface area contributed by atoms with Gasteiger partial charge in [0.15, 0.2) is 6.29 Å². The van der Waals surface area contributed by atoms with Crippen molar-refractivity contribution in [3.63, 3.8) is 0 Å². The first-order valence-electron chi connectivity index (χ1n) is 8.12. The van der Waals surface area contributed by atoms with E-state index in [9.17, 15) is 14.4 Å². The van der Waals surface area contributed by atoms with Gasteiger partial charge in [-0.2, -0.15) is 0 Å². The van der Waals surface area contributed by atoms with Crippen LogP contribution in [0.3, 0.4) is 0 Å². The maximum absolute atomic E-state index is 12.4. The van der Waals surface area contributed by atoms with E-state index in [0.717, 1.165) is 16.8 Å². The van der Waals surface area contributed by atoms with E-state index >= 15 is 0 Å². The summed E-state index contributed by atoms with van der Waals surface area (Å²) in [7, 11) is 0. The SMILES string of the molecule is Cc1cc(C)cc(N2C[C@H](C(=O)Oc3ccccc3C=O)CC2=O)c1. The van der Waals surface area contributed by atoms with Crippen LogP contribution in [0.2, 0.25) is 0 Å². The summed E-state index contributed by atoms with van der Waals surface area (Å²) in [5.74, 6) is -0.919. The maximum Gasteiger partial charge on any atom is 0.316 e. The van der Waals surface area contributed by atoms with Crippen molar-refractivity contribution in [3.8, 4) is 5.75 Å². The minimum absolute atomic E-state index is 0.101. The first-order chi connectivity index (χ1) is 12.0. The Morgan fingerprint density at radius 3 is 2.52 bits per heavy atom. The monoisotopic (exact) mass is 337 g/mol. The zero-order valence-electron chi connectivity index (χ0n) is 14.2. The Balaban J connectivity index is 1.75. The number of ether oxygens (including phenoxy) is 1. The second-order valence-electron chi connectivity index (χ2n) is 6.33. The number of hydrogen-bond acceptors (Lipinski definition) is 4. The molecule has 1 amide bonds. The molecule has 0 N–H and O–H groups in total. The Kier molecular flexibility index (Phi) is 4.65. The molecule has 1 aliphatic heterocycles. The van der Waals surface area contributed by atoms with Gasteiger partial charge in [0, 0.05) is 18.7 Å². The number of benzene rings is 2. The first kappa shape index (κ1) is 16.9. The lowest BCUT2D eigenvalue weighted by molar-refractivity contribution is -0.139. The molecule has 2 aromatic rings. The summed E-state index contributed by atoms with van der Waals surface area (Å²) in [5.41, 5.74) is 3.24. The number of esters is 1. The number of nitrogens with zero attached hydrogens (tertiary/aromatic N) is 1. The number of anilines is 1. The van der Waals surface area contributed by atoms with Crippen LogP contribution in [-0.4, -0.2) is 24.7 Å². The van der Waals surface area contributed by atoms with Crippen molar-refractivity contribution in [2.75, 3.05) is 11.4 Å². The van der Waals surface area contributed by atoms with Crippen molar-refractivity contribution in [1.82, 2.24) is 0 Å². The third-order valence-corrected chi connectivity index (χ3v) is 4.23. The lowest BCUT2D eigenvalue weighted by atomic mass is 10.1. The highest BCUT2D eigenvalue weighted by atomic mass is 16.5. The molecule has 0 saturated carbocycles. The van der Waals surface area contributed by atoms with Crippen molar-refractivity contribution < 1.29 is 19.1 Å². The largest absolute Gasteiger partial charge is 0.425 e. The summed E-state index contributed by atoms with van der Waals surface area (Å²) in [6.45, 7) is 4.22. The summed E-state index contributed by atoms with van der Waals surface area (Å²) < 4.78 is 5.35. The number of amides is 1. The van der Waals surface area contributed by atoms with Crippen LogP contribution in [0.1, 0.15) is 27.9 Å². The molecule has 1 fully saturated rings. The minimum Gasteiger partial charge on any atom is -0.425 e. The first-order valence-corrected chi connectivity index (χ1v) is 8.12. The number of para-hydroxylation sites is 1. The number of carbonyl (C=O) groups is 3. The van der Waals surface area contributed by atoms with E-state index in [2.05, 4.69) is 0 Å². The minimum atomic E-state index is -0.548. The van der Waals surface area contributed by atoms with Gasteiger partial charge in [0.25, 0.3) is 0 Å². The Morgan fingerprint density at radius 2 is 1.84 bits per heavy atom. The normalized spacial score (nSPS) is 16.8. The summed E-state index contributed by atoms with van der Waals surface area (Å²) in [4.78, 5) is 37.4. The van der Waals surface area contributed by atoms with Gasteiger partial charge in [-0.1, -0.05) is 18.2 Å². The highest BCUT2D eigenvalue weighted by Crippen LogP contribution is 2.28. The van der Waals surface area contributed by atoms with Gasteiger partial charge in [0.2, 0.25) is 5.91 Å². The van der Waals surface area contributed by atoms with E-state index in [1.165, 1.54) is 0 Å². The number of rotatable bonds is 4. The van der Waals surface area contributed by atoms with E-state index < -0.39 is 11.9 Å². The molecule has 0 unspecified atom stereocenters. The van der Waals surface area contributed by atoms with Gasteiger partial charge in [0.1, 0.15) is 5.75 Å². The van der Waals surface area contributed by atoms with Crippen LogP contribution in [0, 0.1) is 19.8 Å². The van der Waals surface area contributed by atoms with Crippen LogP contribution < -0.4 is 9.64 Å². The van der Waals surface area contributed by atoms with Crippen LogP contribution in [0.15, 0.2) is 42.5 Å². The molecule has 2 aromatic carbocycles. The molecule has 128 valence electrons. The number of hydrogen-bond donors (Lipinski definition) is 0. The quantitative estimate of drug-likeness (QED) is 0.489. The Labute approximate surface area is 146 Å². The van der Waals surface area contributed by atoms with Gasteiger partial charge in [0.05, 0.1) is 11.5 Å². The molecule has 0 radical (unpaired) electrons. The highest BCUT2D eigenvalue weighted by Gasteiger charge is 2.36. The summed E-state index contributed by atoms with van der Waals surface area (Å²) >= 11 is 0. The predicted molar refractivity (Wildman–Crippen MR) is 93.8 cm³/mol. The van der Waals surface area contributed by atoms with E-state index in [4.69, 9.17) is 4.74 Å². The van der Waals surface area contributed by atoms with Crippen molar-refractivity contribution in [3.05, 3.63) is 59.2 Å².